The van der Waals surface area contributed by atoms with Gasteiger partial charge in [0.15, 0.2) is 0 Å². The molecule has 0 atom stereocenters. The monoisotopic (exact) mass is 456 g/mol. The van der Waals surface area contributed by atoms with Gasteiger partial charge in [0.25, 0.3) is 0 Å². The van der Waals surface area contributed by atoms with E-state index in [9.17, 15) is 31.1 Å². The van der Waals surface area contributed by atoms with Crippen LogP contribution in [0.3, 0.4) is 0 Å². The fourth-order valence-corrected chi connectivity index (χ4v) is 2.41. The predicted molar refractivity (Wildman–Crippen MR) is 87.1 cm³/mol. The van der Waals surface area contributed by atoms with Crippen LogP contribution in [0.15, 0.2) is 35.1 Å². The number of carbonyl (C=O) groups is 1. The largest absolute Gasteiger partial charge is 0.462 e. The van der Waals surface area contributed by atoms with Gasteiger partial charge in [-0.15, -0.1) is 0 Å². The number of carbonyl (C=O) groups excluding carboxylic acids is 1. The Morgan fingerprint density at radius 3 is 2.19 bits per heavy atom. The van der Waals surface area contributed by atoms with E-state index >= 15 is 0 Å². The first-order valence-electron chi connectivity index (χ1n) is 7.30. The summed E-state index contributed by atoms with van der Waals surface area (Å²) >= 11 is 2.97. The van der Waals surface area contributed by atoms with Gasteiger partial charge >= 0.3 is 18.3 Å². The van der Waals surface area contributed by atoms with E-state index in [1.165, 1.54) is 18.5 Å². The average Bonchev–Trinajstić information content (AvgIpc) is 3.01. The van der Waals surface area contributed by atoms with Gasteiger partial charge in [0, 0.05) is 11.8 Å². The lowest BCUT2D eigenvalue weighted by Crippen LogP contribution is -2.12. The number of ether oxygens (including phenoxy) is 1. The summed E-state index contributed by atoms with van der Waals surface area (Å²) in [6.07, 6.45) is -6.29. The maximum atomic E-state index is 12.9. The molecule has 1 heterocycles. The van der Waals surface area contributed by atoms with E-state index in [2.05, 4.69) is 21.0 Å². The molecule has 0 saturated carbocycles. The minimum absolute atomic E-state index is 0.0175. The summed E-state index contributed by atoms with van der Waals surface area (Å²) < 4.78 is 83.2. The summed E-state index contributed by atoms with van der Waals surface area (Å²) in [6, 6.07) is 1.14. The number of alkyl halides is 6. The molecular formula is C16H11BrF6N2O2. The number of halogens is 7. The van der Waals surface area contributed by atoms with Gasteiger partial charge in [0.2, 0.25) is 0 Å². The van der Waals surface area contributed by atoms with Crippen molar-refractivity contribution < 1.29 is 35.9 Å². The summed E-state index contributed by atoms with van der Waals surface area (Å²) in [5, 5.41) is 3.76. The Morgan fingerprint density at radius 2 is 1.70 bits per heavy atom. The molecule has 0 aliphatic heterocycles. The molecule has 146 valence electrons. The number of hydrogen-bond donors (Lipinski definition) is 0. The molecular weight excluding hydrogens is 446 g/mol. The summed E-state index contributed by atoms with van der Waals surface area (Å²) in [6.45, 7) is 1.73. The molecule has 0 unspecified atom stereocenters. The lowest BCUT2D eigenvalue weighted by Gasteiger charge is -2.14. The molecule has 4 nitrogen and oxygen atoms in total. The second-order valence-corrected chi connectivity index (χ2v) is 6.05. The number of aromatic nitrogens is 2. The summed E-state index contributed by atoms with van der Waals surface area (Å²) in [5.41, 5.74) is -3.06. The van der Waals surface area contributed by atoms with Gasteiger partial charge in [0.1, 0.15) is 4.48 Å². The molecule has 0 aliphatic carbocycles. The summed E-state index contributed by atoms with van der Waals surface area (Å²) in [7, 11) is 0. The lowest BCUT2D eigenvalue weighted by atomic mass is 10.1. The molecule has 27 heavy (non-hydrogen) atoms. The lowest BCUT2D eigenvalue weighted by molar-refractivity contribution is -0.143. The van der Waals surface area contributed by atoms with Gasteiger partial charge in [-0.2, -0.15) is 31.4 Å². The fraction of sp³-hybridized carbons (Fsp3) is 0.250. The Hall–Kier alpha value is -2.30. The highest BCUT2D eigenvalue weighted by atomic mass is 79.9. The molecule has 0 fully saturated rings. The number of hydrogen-bond acceptors (Lipinski definition) is 3. The minimum Gasteiger partial charge on any atom is -0.462 e. The van der Waals surface area contributed by atoms with E-state index in [-0.39, 0.29) is 22.7 Å². The standard InChI is InChI=1S/C16H11BrF6N2O2/c1-2-27-14(26)13(17)3-9-7-24-25(8-9)12-5-10(15(18,19)20)4-11(6-12)16(21,22)23/h3-8H,2H2,1H3/b13-3-. The van der Waals surface area contributed by atoms with Crippen LogP contribution in [0.25, 0.3) is 11.8 Å². The molecule has 0 aliphatic rings. The normalized spacial score (nSPS) is 13.0. The minimum atomic E-state index is -4.96. The van der Waals surface area contributed by atoms with E-state index in [1.807, 2.05) is 0 Å². The molecule has 0 amide bonds. The third-order valence-corrected chi connectivity index (χ3v) is 3.76. The van der Waals surface area contributed by atoms with Crippen molar-refractivity contribution in [2.24, 2.45) is 0 Å². The SMILES string of the molecule is CCOC(=O)/C(Br)=C/c1cnn(-c2cc(C(F)(F)F)cc(C(F)(F)F)c2)c1. The second-order valence-electron chi connectivity index (χ2n) is 5.20. The highest BCUT2D eigenvalue weighted by molar-refractivity contribution is 9.12. The van der Waals surface area contributed by atoms with Crippen molar-refractivity contribution in [1.82, 2.24) is 9.78 Å². The van der Waals surface area contributed by atoms with Gasteiger partial charge in [0.05, 0.1) is 29.6 Å². The van der Waals surface area contributed by atoms with E-state index in [0.29, 0.717) is 12.1 Å². The molecule has 0 saturated heterocycles. The van der Waals surface area contributed by atoms with Gasteiger partial charge < -0.3 is 4.74 Å². The van der Waals surface area contributed by atoms with Crippen molar-refractivity contribution in [3.8, 4) is 5.69 Å². The van der Waals surface area contributed by atoms with Crippen LogP contribution in [0.1, 0.15) is 23.6 Å². The van der Waals surface area contributed by atoms with Crippen molar-refractivity contribution in [2.75, 3.05) is 6.61 Å². The molecule has 1 aromatic heterocycles. The fourth-order valence-electron chi connectivity index (χ4n) is 2.03. The quantitative estimate of drug-likeness (QED) is 0.360. The molecule has 0 N–H and O–H groups in total. The van der Waals surface area contributed by atoms with Crippen molar-refractivity contribution in [1.29, 1.82) is 0 Å². The van der Waals surface area contributed by atoms with Crippen LogP contribution in [-0.2, 0) is 21.9 Å². The van der Waals surface area contributed by atoms with Crippen molar-refractivity contribution >= 4 is 28.0 Å². The van der Waals surface area contributed by atoms with E-state index in [1.54, 1.807) is 6.92 Å². The Labute approximate surface area is 157 Å². The molecule has 0 bridgehead atoms. The zero-order chi connectivity index (χ0) is 20.4. The topological polar surface area (TPSA) is 44.1 Å². The van der Waals surface area contributed by atoms with Crippen LogP contribution in [0, 0.1) is 0 Å². The van der Waals surface area contributed by atoms with Crippen LogP contribution < -0.4 is 0 Å². The second kappa shape index (κ2) is 7.75. The first kappa shape index (κ1) is 21.0. The summed E-state index contributed by atoms with van der Waals surface area (Å²) in [5.74, 6) is -0.677. The molecule has 1 aromatic carbocycles. The number of esters is 1. The van der Waals surface area contributed by atoms with Crippen molar-refractivity contribution in [2.45, 2.75) is 19.3 Å². The number of rotatable bonds is 4. The molecule has 11 heteroatoms. The van der Waals surface area contributed by atoms with E-state index < -0.39 is 35.1 Å². The zero-order valence-electron chi connectivity index (χ0n) is 13.5. The van der Waals surface area contributed by atoms with Gasteiger partial charge in [-0.3, -0.25) is 0 Å². The number of nitrogens with zero attached hydrogens (tertiary/aromatic N) is 2. The highest BCUT2D eigenvalue weighted by Gasteiger charge is 2.37. The number of benzene rings is 1. The average molecular weight is 457 g/mol. The maximum Gasteiger partial charge on any atom is 0.416 e. The first-order chi connectivity index (χ1) is 12.4. The smallest absolute Gasteiger partial charge is 0.416 e. The van der Waals surface area contributed by atoms with Crippen LogP contribution in [0.5, 0.6) is 0 Å². The van der Waals surface area contributed by atoms with Crippen LogP contribution in [0.4, 0.5) is 26.3 Å². The molecule has 0 spiro atoms. The molecule has 2 rings (SSSR count). The predicted octanol–water partition coefficient (Wildman–Crippen LogP) is 5.21. The summed E-state index contributed by atoms with van der Waals surface area (Å²) in [4.78, 5) is 11.5. The Morgan fingerprint density at radius 1 is 1.15 bits per heavy atom. The molecule has 2 aromatic rings. The van der Waals surface area contributed by atoms with Gasteiger partial charge in [-0.05, 0) is 47.1 Å². The highest BCUT2D eigenvalue weighted by Crippen LogP contribution is 2.37. The Bertz CT molecular complexity index is 838. The van der Waals surface area contributed by atoms with Crippen LogP contribution >= 0.6 is 15.9 Å². The third kappa shape index (κ3) is 5.34. The maximum absolute atomic E-state index is 12.9. The van der Waals surface area contributed by atoms with Crippen LogP contribution in [-0.4, -0.2) is 22.4 Å². The van der Waals surface area contributed by atoms with Crippen molar-refractivity contribution in [3.63, 3.8) is 0 Å². The molecule has 0 radical (unpaired) electrons. The Kier molecular flexibility index (Phi) is 6.03. The zero-order valence-corrected chi connectivity index (χ0v) is 15.1. The van der Waals surface area contributed by atoms with E-state index in [0.717, 1.165) is 4.68 Å². The first-order valence-corrected chi connectivity index (χ1v) is 8.10. The van der Waals surface area contributed by atoms with Gasteiger partial charge in [-0.25, -0.2) is 9.48 Å². The Balaban J connectivity index is 2.46. The van der Waals surface area contributed by atoms with Crippen LogP contribution in [0.2, 0.25) is 0 Å². The van der Waals surface area contributed by atoms with Gasteiger partial charge in [-0.1, -0.05) is 0 Å². The third-order valence-electron chi connectivity index (χ3n) is 3.20. The van der Waals surface area contributed by atoms with Crippen molar-refractivity contribution in [3.05, 3.63) is 51.8 Å². The van der Waals surface area contributed by atoms with E-state index in [4.69, 9.17) is 4.74 Å².